The molecule has 1 aromatic rings. The third kappa shape index (κ3) is 5.85. The number of fused-ring (bicyclic) bond motifs is 1. The zero-order chi connectivity index (χ0) is 19.6. The Kier molecular flexibility index (Phi) is 7.83. The summed E-state index contributed by atoms with van der Waals surface area (Å²) >= 11 is 0. The Morgan fingerprint density at radius 2 is 1.69 bits per heavy atom. The molecule has 0 aromatic heterocycles. The molecule has 8 heteroatoms. The van der Waals surface area contributed by atoms with Gasteiger partial charge in [0.2, 0.25) is 10.0 Å². The van der Waals surface area contributed by atoms with Crippen LogP contribution >= 0.6 is 24.0 Å². The van der Waals surface area contributed by atoms with Gasteiger partial charge >= 0.3 is 0 Å². The van der Waals surface area contributed by atoms with E-state index in [2.05, 4.69) is 21.9 Å². The smallest absolute Gasteiger partial charge is 0.240 e. The molecule has 2 atom stereocenters. The number of benzene rings is 1. The van der Waals surface area contributed by atoms with Crippen LogP contribution in [0, 0.1) is 11.8 Å². The lowest BCUT2D eigenvalue weighted by Gasteiger charge is -2.22. The molecular formula is C21H33IN4O2S. The van der Waals surface area contributed by atoms with E-state index in [0.29, 0.717) is 11.4 Å². The van der Waals surface area contributed by atoms with Crippen molar-refractivity contribution in [3.05, 3.63) is 29.8 Å². The first-order chi connectivity index (χ1) is 13.5. The summed E-state index contributed by atoms with van der Waals surface area (Å²) in [6.07, 6.45) is 7.33. The molecule has 162 valence electrons. The monoisotopic (exact) mass is 532 g/mol. The van der Waals surface area contributed by atoms with Gasteiger partial charge in [0.25, 0.3) is 0 Å². The van der Waals surface area contributed by atoms with Crippen LogP contribution in [0.1, 0.15) is 51.0 Å². The normalized spacial score (nSPS) is 24.7. The molecule has 2 aliphatic carbocycles. The lowest BCUT2D eigenvalue weighted by Crippen LogP contribution is -2.40. The number of hydrogen-bond acceptors (Lipinski definition) is 3. The van der Waals surface area contributed by atoms with E-state index in [-0.39, 0.29) is 30.0 Å². The maximum atomic E-state index is 12.3. The fraction of sp³-hybridized carbons (Fsp3) is 0.667. The summed E-state index contributed by atoms with van der Waals surface area (Å²) in [7, 11) is -3.39. The van der Waals surface area contributed by atoms with Gasteiger partial charge in [-0.3, -0.25) is 0 Å². The summed E-state index contributed by atoms with van der Waals surface area (Å²) in [5.41, 5.74) is 1.03. The highest BCUT2D eigenvalue weighted by Gasteiger charge is 2.35. The molecule has 29 heavy (non-hydrogen) atoms. The van der Waals surface area contributed by atoms with Gasteiger partial charge in [-0.25, -0.2) is 18.1 Å². The van der Waals surface area contributed by atoms with Crippen molar-refractivity contribution in [2.45, 2.75) is 62.9 Å². The Morgan fingerprint density at radius 3 is 2.24 bits per heavy atom. The molecule has 2 saturated carbocycles. The molecule has 0 radical (unpaired) electrons. The molecule has 2 N–H and O–H groups in total. The molecule has 1 aromatic carbocycles. The first kappa shape index (κ1) is 22.8. The van der Waals surface area contributed by atoms with Crippen LogP contribution in [0.5, 0.6) is 0 Å². The molecule has 1 aliphatic heterocycles. The van der Waals surface area contributed by atoms with Gasteiger partial charge in [0.05, 0.1) is 11.4 Å². The van der Waals surface area contributed by atoms with Gasteiger partial charge < -0.3 is 10.2 Å². The highest BCUT2D eigenvalue weighted by Crippen LogP contribution is 2.36. The average Bonchev–Trinajstić information content (AvgIpc) is 3.39. The number of rotatable bonds is 6. The van der Waals surface area contributed by atoms with Crippen LogP contribution in [-0.4, -0.2) is 45.0 Å². The van der Waals surface area contributed by atoms with Crippen molar-refractivity contribution in [1.29, 1.82) is 0 Å². The van der Waals surface area contributed by atoms with Gasteiger partial charge in [-0.05, 0) is 62.1 Å². The van der Waals surface area contributed by atoms with Crippen molar-refractivity contribution < 1.29 is 8.42 Å². The van der Waals surface area contributed by atoms with Crippen LogP contribution in [0.25, 0.3) is 0 Å². The van der Waals surface area contributed by atoms with Crippen LogP contribution in [0.4, 0.5) is 0 Å². The highest BCUT2D eigenvalue weighted by molar-refractivity contribution is 14.0. The van der Waals surface area contributed by atoms with Gasteiger partial charge in [-0.15, -0.1) is 24.0 Å². The fourth-order valence-corrected chi connectivity index (χ4v) is 5.74. The van der Waals surface area contributed by atoms with E-state index >= 15 is 0 Å². The lowest BCUT2D eigenvalue weighted by atomic mass is 9.82. The van der Waals surface area contributed by atoms with Crippen LogP contribution in [0.3, 0.4) is 0 Å². The predicted octanol–water partition coefficient (Wildman–Crippen LogP) is 3.33. The Balaban J connectivity index is 0.00000240. The number of likely N-dealkylation sites (tertiary alicyclic amines) is 1. The minimum Gasteiger partial charge on any atom is -0.357 e. The van der Waals surface area contributed by atoms with Gasteiger partial charge in [-0.2, -0.15) is 0 Å². The quantitative estimate of drug-likeness (QED) is 0.335. The van der Waals surface area contributed by atoms with Gasteiger partial charge in [0.15, 0.2) is 5.96 Å². The second kappa shape index (κ2) is 9.96. The van der Waals surface area contributed by atoms with Crippen molar-refractivity contribution in [2.24, 2.45) is 16.8 Å². The summed E-state index contributed by atoms with van der Waals surface area (Å²) in [5.74, 6) is 2.63. The minimum absolute atomic E-state index is 0. The fourth-order valence-electron chi connectivity index (χ4n) is 4.43. The molecule has 0 amide bonds. The molecule has 4 rings (SSSR count). The summed E-state index contributed by atoms with van der Waals surface area (Å²) < 4.78 is 27.3. The molecule has 3 fully saturated rings. The third-order valence-electron chi connectivity index (χ3n) is 6.15. The van der Waals surface area contributed by atoms with Crippen molar-refractivity contribution in [3.63, 3.8) is 0 Å². The third-order valence-corrected chi connectivity index (χ3v) is 7.69. The molecule has 0 bridgehead atoms. The van der Waals surface area contributed by atoms with Gasteiger partial charge in [0.1, 0.15) is 0 Å². The highest BCUT2D eigenvalue weighted by atomic mass is 127. The van der Waals surface area contributed by atoms with E-state index in [0.717, 1.165) is 55.8 Å². The van der Waals surface area contributed by atoms with E-state index < -0.39 is 10.0 Å². The SMILES string of the molecule is CCNC(=NCc1ccc(S(=O)(=O)NC2CC2)cc1)N1CC2CCCCC2C1.I. The molecule has 2 unspecified atom stereocenters. The first-order valence-corrected chi connectivity index (χ1v) is 12.2. The molecular weight excluding hydrogens is 499 g/mol. The molecule has 3 aliphatic rings. The standard InChI is InChI=1S/C21H32N4O2S.HI/c1-2-22-21(25-14-17-5-3-4-6-18(17)15-25)23-13-16-7-11-20(12-8-16)28(26,27)24-19-9-10-19;/h7-8,11-12,17-19,24H,2-6,9-10,13-15H2,1H3,(H,22,23);1H. The van der Waals surface area contributed by atoms with E-state index in [4.69, 9.17) is 4.99 Å². The number of halogens is 1. The number of nitrogens with zero attached hydrogens (tertiary/aromatic N) is 2. The Labute approximate surface area is 192 Å². The zero-order valence-electron chi connectivity index (χ0n) is 17.1. The van der Waals surface area contributed by atoms with Crippen molar-refractivity contribution in [3.8, 4) is 0 Å². The van der Waals surface area contributed by atoms with Crippen molar-refractivity contribution >= 4 is 40.0 Å². The van der Waals surface area contributed by atoms with Crippen molar-refractivity contribution in [2.75, 3.05) is 19.6 Å². The lowest BCUT2D eigenvalue weighted by molar-refractivity contribution is 0.299. The molecule has 1 heterocycles. The largest absolute Gasteiger partial charge is 0.357 e. The second-order valence-corrected chi connectivity index (χ2v) is 10.1. The number of sulfonamides is 1. The zero-order valence-corrected chi connectivity index (χ0v) is 20.3. The topological polar surface area (TPSA) is 73.8 Å². The summed E-state index contributed by atoms with van der Waals surface area (Å²) in [4.78, 5) is 7.60. The molecule has 0 spiro atoms. The van der Waals surface area contributed by atoms with Crippen LogP contribution in [0.2, 0.25) is 0 Å². The molecule has 1 saturated heterocycles. The number of nitrogens with one attached hydrogen (secondary N) is 2. The van der Waals surface area contributed by atoms with E-state index in [1.54, 1.807) is 12.1 Å². The van der Waals surface area contributed by atoms with Gasteiger partial charge in [0, 0.05) is 25.7 Å². The predicted molar refractivity (Wildman–Crippen MR) is 127 cm³/mol. The maximum Gasteiger partial charge on any atom is 0.240 e. The average molecular weight is 532 g/mol. The van der Waals surface area contributed by atoms with Crippen molar-refractivity contribution in [1.82, 2.24) is 14.9 Å². The van der Waals surface area contributed by atoms with Crippen LogP contribution in [0.15, 0.2) is 34.2 Å². The van der Waals surface area contributed by atoms with E-state index in [1.807, 2.05) is 12.1 Å². The number of aliphatic imine (C=N–C) groups is 1. The van der Waals surface area contributed by atoms with Gasteiger partial charge in [-0.1, -0.05) is 25.0 Å². The number of guanidine groups is 1. The maximum absolute atomic E-state index is 12.3. The summed E-state index contributed by atoms with van der Waals surface area (Å²) in [5, 5.41) is 3.44. The Bertz CT molecular complexity index is 794. The van der Waals surface area contributed by atoms with Crippen LogP contribution < -0.4 is 10.0 Å². The minimum atomic E-state index is -3.39. The van der Waals surface area contributed by atoms with Crippen LogP contribution in [-0.2, 0) is 16.6 Å². The van der Waals surface area contributed by atoms with E-state index in [1.165, 1.54) is 25.7 Å². The summed E-state index contributed by atoms with van der Waals surface area (Å²) in [6, 6.07) is 7.25. The first-order valence-electron chi connectivity index (χ1n) is 10.7. The Morgan fingerprint density at radius 1 is 1.07 bits per heavy atom. The molecule has 6 nitrogen and oxygen atoms in total. The second-order valence-electron chi connectivity index (χ2n) is 8.42. The van der Waals surface area contributed by atoms with E-state index in [9.17, 15) is 8.42 Å². The Hall–Kier alpha value is -0.870. The number of hydrogen-bond donors (Lipinski definition) is 2. The summed E-state index contributed by atoms with van der Waals surface area (Å²) in [6.45, 7) is 5.74.